The van der Waals surface area contributed by atoms with Gasteiger partial charge in [-0.3, -0.25) is 4.18 Å². The molecule has 11 heteroatoms. The van der Waals surface area contributed by atoms with E-state index < -0.39 is 16.2 Å². The molecule has 0 aliphatic heterocycles. The zero-order chi connectivity index (χ0) is 15.2. The summed E-state index contributed by atoms with van der Waals surface area (Å²) in [6, 6.07) is 0. The van der Waals surface area contributed by atoms with Gasteiger partial charge in [0.2, 0.25) is 5.16 Å². The van der Waals surface area contributed by atoms with Gasteiger partial charge in [0.1, 0.15) is 6.10 Å². The molecule has 0 N–H and O–H groups in total. The van der Waals surface area contributed by atoms with E-state index in [1.54, 1.807) is 4.68 Å². The molecular weight excluding hydrogens is 322 g/mol. The molecule has 0 bridgehead atoms. The predicted octanol–water partition coefficient (Wildman–Crippen LogP) is -0.329. The minimum absolute atomic E-state index is 0.332. The second-order valence-corrected chi connectivity index (χ2v) is 7.13. The normalized spacial score (nSPS) is 13.6. The van der Waals surface area contributed by atoms with E-state index in [1.807, 2.05) is 19.0 Å². The Morgan fingerprint density at radius 3 is 2.80 bits per heavy atom. The lowest BCUT2D eigenvalue weighted by Crippen LogP contribution is -2.22. The largest absolute Gasteiger partial charge is 0.308 e. The zero-order valence-corrected chi connectivity index (χ0v) is 13.9. The van der Waals surface area contributed by atoms with E-state index in [0.29, 0.717) is 17.5 Å². The topological polar surface area (TPSA) is 90.2 Å². The fourth-order valence-electron chi connectivity index (χ4n) is 1.21. The maximum Gasteiger partial charge on any atom is 0.265 e. The summed E-state index contributed by atoms with van der Waals surface area (Å²) in [5, 5.41) is 13.3. The van der Waals surface area contributed by atoms with Crippen molar-refractivity contribution in [3.8, 4) is 0 Å². The molecule has 1 heterocycles. The molecule has 0 spiro atoms. The van der Waals surface area contributed by atoms with Crippen molar-refractivity contribution in [1.29, 1.82) is 0 Å². The second kappa shape index (κ2) is 7.98. The highest BCUT2D eigenvalue weighted by Gasteiger charge is 2.15. The van der Waals surface area contributed by atoms with Gasteiger partial charge in [-0.05, 0) is 24.5 Å². The molecule has 0 amide bonds. The summed E-state index contributed by atoms with van der Waals surface area (Å²) in [5.41, 5.74) is 0. The molecule has 0 fully saturated rings. The highest BCUT2D eigenvalue weighted by molar-refractivity contribution is 7.99. The number of nitrogens with zero attached hydrogens (tertiary/aromatic N) is 5. The average Bonchev–Trinajstić information content (AvgIpc) is 2.78. The van der Waals surface area contributed by atoms with E-state index in [-0.39, 0.29) is 0 Å². The maximum atomic E-state index is 11.1. The van der Waals surface area contributed by atoms with Crippen LogP contribution in [0.4, 0.5) is 0 Å². The molecule has 1 rings (SSSR count). The van der Waals surface area contributed by atoms with Crippen molar-refractivity contribution in [2.45, 2.75) is 17.8 Å². The molecule has 114 valence electrons. The number of hydrogen-bond donors (Lipinski definition) is 0. The molecule has 1 atom stereocenters. The first kappa shape index (κ1) is 17.4. The summed E-state index contributed by atoms with van der Waals surface area (Å²) in [6.07, 6.45) is 0.314. The van der Waals surface area contributed by atoms with E-state index in [0.717, 1.165) is 12.8 Å². The first-order chi connectivity index (χ1) is 9.31. The molecule has 0 aliphatic carbocycles. The summed E-state index contributed by atoms with van der Waals surface area (Å²) in [5.74, 6) is 0.332. The minimum atomic E-state index is -3.53. The van der Waals surface area contributed by atoms with Crippen LogP contribution in [0.3, 0.4) is 0 Å². The Morgan fingerprint density at radius 1 is 1.55 bits per heavy atom. The Kier molecular flexibility index (Phi) is 6.95. The summed E-state index contributed by atoms with van der Waals surface area (Å²) in [4.78, 5) is 2.02. The van der Waals surface area contributed by atoms with Crippen LogP contribution in [0.5, 0.6) is 0 Å². The van der Waals surface area contributed by atoms with Gasteiger partial charge in [0, 0.05) is 17.7 Å². The van der Waals surface area contributed by atoms with Crippen LogP contribution < -0.4 is 0 Å². The van der Waals surface area contributed by atoms with Crippen LogP contribution in [-0.2, 0) is 20.8 Å². The molecular formula is C9H17N5O3S3. The first-order valence-electron chi connectivity index (χ1n) is 5.69. The third kappa shape index (κ3) is 6.70. The monoisotopic (exact) mass is 339 g/mol. The standard InChI is InChI=1S/C9H17N5O3S3/c1-13(2)4-5-14-9(10-11-12-14)19-7-8(6-18)17-20(3,15)16/h6,8H,4-5,7H2,1-3H3. The van der Waals surface area contributed by atoms with Crippen molar-refractivity contribution in [3.63, 3.8) is 0 Å². The summed E-state index contributed by atoms with van der Waals surface area (Å²) in [6.45, 7) is 1.45. The number of tetrazole rings is 1. The van der Waals surface area contributed by atoms with Gasteiger partial charge in [0.25, 0.3) is 10.1 Å². The lowest BCUT2D eigenvalue weighted by Gasteiger charge is -2.11. The number of likely N-dealkylation sites (N-methyl/N-ethyl adjacent to an activating group) is 1. The Balaban J connectivity index is 2.56. The number of thiocarbonyl (C=S) groups is 1. The average molecular weight is 339 g/mol. The fraction of sp³-hybridized carbons (Fsp3) is 0.778. The van der Waals surface area contributed by atoms with Crippen molar-refractivity contribution < 1.29 is 12.6 Å². The Morgan fingerprint density at radius 2 is 2.25 bits per heavy atom. The second-order valence-electron chi connectivity index (χ2n) is 4.27. The van der Waals surface area contributed by atoms with Crippen LogP contribution in [-0.4, -0.2) is 77.6 Å². The van der Waals surface area contributed by atoms with Gasteiger partial charge in [0.05, 0.1) is 12.8 Å². The van der Waals surface area contributed by atoms with Crippen molar-refractivity contribution in [3.05, 3.63) is 0 Å². The number of hydrogen-bond acceptors (Lipinski definition) is 9. The zero-order valence-electron chi connectivity index (χ0n) is 11.5. The van der Waals surface area contributed by atoms with Gasteiger partial charge in [-0.25, -0.2) is 4.68 Å². The van der Waals surface area contributed by atoms with Gasteiger partial charge >= 0.3 is 0 Å². The molecule has 8 nitrogen and oxygen atoms in total. The van der Waals surface area contributed by atoms with Crippen LogP contribution in [0.25, 0.3) is 0 Å². The number of rotatable bonds is 9. The Bertz CT molecular complexity index is 531. The van der Waals surface area contributed by atoms with Crippen molar-refractivity contribution in [2.24, 2.45) is 0 Å². The summed E-state index contributed by atoms with van der Waals surface area (Å²) >= 11 is 6.06. The smallest absolute Gasteiger partial charge is 0.265 e. The van der Waals surface area contributed by atoms with Gasteiger partial charge < -0.3 is 4.90 Å². The van der Waals surface area contributed by atoms with Crippen molar-refractivity contribution in [1.82, 2.24) is 25.1 Å². The highest BCUT2D eigenvalue weighted by atomic mass is 32.2. The third-order valence-corrected chi connectivity index (χ3v) is 4.03. The SMILES string of the molecule is CN(C)CCn1nnnc1SCC(C=S)OS(C)(=O)=O. The van der Waals surface area contributed by atoms with Crippen LogP contribution in [0.2, 0.25) is 0 Å². The summed E-state index contributed by atoms with van der Waals surface area (Å²) in [7, 11) is 0.381. The van der Waals surface area contributed by atoms with Gasteiger partial charge in [-0.1, -0.05) is 24.0 Å². The van der Waals surface area contributed by atoms with Crippen LogP contribution in [0, 0.1) is 0 Å². The lowest BCUT2D eigenvalue weighted by molar-refractivity contribution is 0.304. The molecule has 0 radical (unpaired) electrons. The van der Waals surface area contributed by atoms with E-state index in [1.165, 1.54) is 17.1 Å². The molecule has 1 unspecified atom stereocenters. The molecule has 0 saturated carbocycles. The van der Waals surface area contributed by atoms with Crippen LogP contribution >= 0.6 is 24.0 Å². The van der Waals surface area contributed by atoms with Gasteiger partial charge in [-0.2, -0.15) is 8.42 Å². The number of aromatic nitrogens is 4. The molecule has 1 aromatic rings. The van der Waals surface area contributed by atoms with Gasteiger partial charge in [-0.15, -0.1) is 5.10 Å². The van der Waals surface area contributed by atoms with Gasteiger partial charge in [0.15, 0.2) is 0 Å². The molecule has 20 heavy (non-hydrogen) atoms. The molecule has 0 aromatic carbocycles. The number of thioether (sulfide) groups is 1. The predicted molar refractivity (Wildman–Crippen MR) is 80.5 cm³/mol. The van der Waals surface area contributed by atoms with E-state index in [4.69, 9.17) is 16.4 Å². The van der Waals surface area contributed by atoms with E-state index in [2.05, 4.69) is 15.5 Å². The Labute approximate surface area is 128 Å². The third-order valence-electron chi connectivity index (χ3n) is 2.08. The highest BCUT2D eigenvalue weighted by Crippen LogP contribution is 2.16. The fourth-order valence-corrected chi connectivity index (χ4v) is 3.06. The van der Waals surface area contributed by atoms with E-state index >= 15 is 0 Å². The first-order valence-corrected chi connectivity index (χ1v) is 8.96. The molecule has 0 saturated heterocycles. The quantitative estimate of drug-likeness (QED) is 0.341. The summed E-state index contributed by atoms with van der Waals surface area (Å²) < 4.78 is 28.6. The maximum absolute atomic E-state index is 11.1. The van der Waals surface area contributed by atoms with Crippen molar-refractivity contribution in [2.75, 3.05) is 32.6 Å². The van der Waals surface area contributed by atoms with E-state index in [9.17, 15) is 8.42 Å². The Hall–Kier alpha value is -0.620. The van der Waals surface area contributed by atoms with Crippen LogP contribution in [0.15, 0.2) is 5.16 Å². The molecule has 1 aromatic heterocycles. The van der Waals surface area contributed by atoms with Crippen LogP contribution in [0.1, 0.15) is 0 Å². The molecule has 0 aliphatic rings. The lowest BCUT2D eigenvalue weighted by atomic mass is 10.5. The minimum Gasteiger partial charge on any atom is -0.308 e. The van der Waals surface area contributed by atoms with Crippen molar-refractivity contribution >= 4 is 39.5 Å².